The van der Waals surface area contributed by atoms with Crippen molar-refractivity contribution in [2.45, 2.75) is 33.1 Å². The second kappa shape index (κ2) is 3.59. The molecule has 1 aromatic rings. The summed E-state index contributed by atoms with van der Waals surface area (Å²) < 4.78 is 0. The number of hydrogen-bond acceptors (Lipinski definition) is 3. The third-order valence-corrected chi connectivity index (χ3v) is 4.12. The van der Waals surface area contributed by atoms with Crippen molar-refractivity contribution in [2.75, 3.05) is 0 Å². The highest BCUT2D eigenvalue weighted by Gasteiger charge is 2.47. The molecule has 1 aliphatic carbocycles. The normalized spacial score (nSPS) is 19.9. The van der Waals surface area contributed by atoms with Crippen LogP contribution in [0.1, 0.15) is 30.5 Å². The Kier molecular flexibility index (Phi) is 2.54. The first-order valence-electron chi connectivity index (χ1n) is 5.17. The van der Waals surface area contributed by atoms with Gasteiger partial charge in [-0.05, 0) is 32.6 Å². The molecule has 0 radical (unpaired) electrons. The summed E-state index contributed by atoms with van der Waals surface area (Å²) >= 11 is 1.56. The van der Waals surface area contributed by atoms with E-state index in [-0.39, 0.29) is 0 Å². The largest absolute Gasteiger partial charge is 0.481 e. The van der Waals surface area contributed by atoms with Gasteiger partial charge in [-0.2, -0.15) is 0 Å². The molecule has 1 aromatic heterocycles. The Balaban J connectivity index is 2.16. The summed E-state index contributed by atoms with van der Waals surface area (Å²) in [5.74, 6) is -0.336. The third kappa shape index (κ3) is 2.04. The molecule has 4 heteroatoms. The fourth-order valence-corrected chi connectivity index (χ4v) is 2.85. The zero-order valence-corrected chi connectivity index (χ0v) is 9.80. The van der Waals surface area contributed by atoms with E-state index in [4.69, 9.17) is 0 Å². The molecule has 1 heterocycles. The molecule has 0 amide bonds. The Hall–Kier alpha value is -0.900. The van der Waals surface area contributed by atoms with E-state index in [1.165, 1.54) is 0 Å². The van der Waals surface area contributed by atoms with Crippen molar-refractivity contribution in [2.24, 2.45) is 11.3 Å². The summed E-state index contributed by atoms with van der Waals surface area (Å²) in [7, 11) is 0. The molecule has 3 nitrogen and oxygen atoms in total. The Bertz CT molecular complexity index is 384. The van der Waals surface area contributed by atoms with Crippen molar-refractivity contribution in [3.63, 3.8) is 0 Å². The van der Waals surface area contributed by atoms with E-state index in [2.05, 4.69) is 4.98 Å². The molecule has 2 rings (SSSR count). The van der Waals surface area contributed by atoms with Crippen LogP contribution in [0.5, 0.6) is 0 Å². The number of carboxylic acids is 1. The molecule has 1 atom stereocenters. The predicted molar refractivity (Wildman–Crippen MR) is 59.0 cm³/mol. The van der Waals surface area contributed by atoms with Crippen LogP contribution in [0.4, 0.5) is 0 Å². The van der Waals surface area contributed by atoms with Gasteiger partial charge in [0, 0.05) is 17.5 Å². The van der Waals surface area contributed by atoms with Gasteiger partial charge in [-0.25, -0.2) is 4.98 Å². The predicted octanol–water partition coefficient (Wildman–Crippen LogP) is 2.49. The van der Waals surface area contributed by atoms with Crippen molar-refractivity contribution in [3.05, 3.63) is 16.1 Å². The van der Waals surface area contributed by atoms with E-state index in [0.717, 1.165) is 23.5 Å². The molecular formula is C11H15NO2S. The van der Waals surface area contributed by atoms with Gasteiger partial charge in [0.1, 0.15) is 0 Å². The SMILES string of the molecule is Cc1csc(CC(C)(C(=O)O)C2CC2)n1. The first-order valence-corrected chi connectivity index (χ1v) is 6.05. The number of carboxylic acid groups (broad SMARTS) is 1. The summed E-state index contributed by atoms with van der Waals surface area (Å²) in [5, 5.41) is 12.2. The molecular weight excluding hydrogens is 210 g/mol. The molecule has 82 valence electrons. The quantitative estimate of drug-likeness (QED) is 0.856. The van der Waals surface area contributed by atoms with E-state index in [9.17, 15) is 9.90 Å². The van der Waals surface area contributed by atoms with Gasteiger partial charge in [0.25, 0.3) is 0 Å². The van der Waals surface area contributed by atoms with Crippen LogP contribution in [0, 0.1) is 18.3 Å². The van der Waals surface area contributed by atoms with Crippen molar-refractivity contribution < 1.29 is 9.90 Å². The highest BCUT2D eigenvalue weighted by atomic mass is 32.1. The number of hydrogen-bond donors (Lipinski definition) is 1. The second-order valence-corrected chi connectivity index (χ2v) is 5.50. The summed E-state index contributed by atoms with van der Waals surface area (Å²) in [5.41, 5.74) is 0.378. The molecule has 0 bridgehead atoms. The van der Waals surface area contributed by atoms with Gasteiger partial charge in [-0.3, -0.25) is 4.79 Å². The lowest BCUT2D eigenvalue weighted by molar-refractivity contribution is -0.149. The lowest BCUT2D eigenvalue weighted by Gasteiger charge is -2.23. The monoisotopic (exact) mass is 225 g/mol. The van der Waals surface area contributed by atoms with Crippen LogP contribution >= 0.6 is 11.3 Å². The number of aromatic nitrogens is 1. The lowest BCUT2D eigenvalue weighted by atomic mass is 9.82. The van der Waals surface area contributed by atoms with Gasteiger partial charge in [-0.1, -0.05) is 0 Å². The molecule has 1 saturated carbocycles. The lowest BCUT2D eigenvalue weighted by Crippen LogP contribution is -2.32. The van der Waals surface area contributed by atoms with Gasteiger partial charge in [0.15, 0.2) is 0 Å². The average Bonchev–Trinajstić information content (AvgIpc) is 2.92. The molecule has 0 saturated heterocycles. The average molecular weight is 225 g/mol. The molecule has 1 fully saturated rings. The minimum absolute atomic E-state index is 0.346. The molecule has 1 N–H and O–H groups in total. The number of aryl methyl sites for hydroxylation is 1. The second-order valence-electron chi connectivity index (χ2n) is 4.56. The highest BCUT2D eigenvalue weighted by Crippen LogP contribution is 2.47. The number of rotatable bonds is 4. The number of thiazole rings is 1. The fourth-order valence-electron chi connectivity index (χ4n) is 1.91. The summed E-state index contributed by atoms with van der Waals surface area (Å²) in [6.45, 7) is 3.79. The Morgan fingerprint density at radius 3 is 2.80 bits per heavy atom. The van der Waals surface area contributed by atoms with Crippen LogP contribution in [0.15, 0.2) is 5.38 Å². The van der Waals surface area contributed by atoms with E-state index < -0.39 is 11.4 Å². The van der Waals surface area contributed by atoms with Crippen molar-refractivity contribution in [3.8, 4) is 0 Å². The van der Waals surface area contributed by atoms with Gasteiger partial charge in [0.2, 0.25) is 0 Å². The number of carbonyl (C=O) groups is 1. The molecule has 15 heavy (non-hydrogen) atoms. The van der Waals surface area contributed by atoms with Crippen LogP contribution in [0.25, 0.3) is 0 Å². The smallest absolute Gasteiger partial charge is 0.310 e. The molecule has 0 aromatic carbocycles. The molecule has 1 unspecified atom stereocenters. The van der Waals surface area contributed by atoms with Gasteiger partial charge in [-0.15, -0.1) is 11.3 Å². The fraction of sp³-hybridized carbons (Fsp3) is 0.636. The zero-order chi connectivity index (χ0) is 11.1. The highest BCUT2D eigenvalue weighted by molar-refractivity contribution is 7.09. The van der Waals surface area contributed by atoms with Crippen LogP contribution < -0.4 is 0 Å². The topological polar surface area (TPSA) is 50.2 Å². The van der Waals surface area contributed by atoms with Crippen molar-refractivity contribution >= 4 is 17.3 Å². The van der Waals surface area contributed by atoms with E-state index in [1.54, 1.807) is 11.3 Å². The minimum atomic E-state index is -0.683. The first kappa shape index (κ1) is 10.6. The summed E-state index contributed by atoms with van der Waals surface area (Å²) in [6, 6.07) is 0. The van der Waals surface area contributed by atoms with Crippen LogP contribution in [0.3, 0.4) is 0 Å². The zero-order valence-electron chi connectivity index (χ0n) is 8.99. The number of aliphatic carboxylic acids is 1. The summed E-state index contributed by atoms with van der Waals surface area (Å²) in [4.78, 5) is 15.6. The van der Waals surface area contributed by atoms with Gasteiger partial charge in [0.05, 0.1) is 10.4 Å². The third-order valence-electron chi connectivity index (χ3n) is 3.15. The minimum Gasteiger partial charge on any atom is -0.481 e. The Morgan fingerprint density at radius 2 is 2.40 bits per heavy atom. The maximum atomic E-state index is 11.3. The molecule has 0 spiro atoms. The molecule has 0 aliphatic heterocycles. The Morgan fingerprint density at radius 1 is 1.73 bits per heavy atom. The van der Waals surface area contributed by atoms with Crippen LogP contribution in [0.2, 0.25) is 0 Å². The standard InChI is InChI=1S/C11H15NO2S/c1-7-6-15-9(12-7)5-11(2,10(13)14)8-3-4-8/h6,8H,3-5H2,1-2H3,(H,13,14). The maximum Gasteiger partial charge on any atom is 0.310 e. The molecule has 1 aliphatic rings. The maximum absolute atomic E-state index is 11.3. The van der Waals surface area contributed by atoms with E-state index in [1.807, 2.05) is 19.2 Å². The van der Waals surface area contributed by atoms with E-state index >= 15 is 0 Å². The van der Waals surface area contributed by atoms with Crippen molar-refractivity contribution in [1.29, 1.82) is 0 Å². The van der Waals surface area contributed by atoms with Crippen LogP contribution in [-0.4, -0.2) is 16.1 Å². The summed E-state index contributed by atoms with van der Waals surface area (Å²) in [6.07, 6.45) is 2.67. The van der Waals surface area contributed by atoms with Crippen molar-refractivity contribution in [1.82, 2.24) is 4.98 Å². The van der Waals surface area contributed by atoms with Gasteiger partial charge >= 0.3 is 5.97 Å². The Labute approximate surface area is 93.2 Å². The first-order chi connectivity index (χ1) is 7.02. The number of nitrogens with zero attached hydrogens (tertiary/aromatic N) is 1. The van der Waals surface area contributed by atoms with E-state index in [0.29, 0.717) is 12.3 Å². The van der Waals surface area contributed by atoms with Gasteiger partial charge < -0.3 is 5.11 Å². The van der Waals surface area contributed by atoms with Crippen LogP contribution in [-0.2, 0) is 11.2 Å².